The predicted octanol–water partition coefficient (Wildman–Crippen LogP) is 3.94. The highest BCUT2D eigenvalue weighted by Gasteiger charge is 2.15. The Morgan fingerprint density at radius 1 is 0.933 bits per heavy atom. The molecule has 0 aromatic rings. The van der Waals surface area contributed by atoms with Gasteiger partial charge in [0.2, 0.25) is 0 Å². The van der Waals surface area contributed by atoms with Gasteiger partial charge in [-0.2, -0.15) is 0 Å². The van der Waals surface area contributed by atoms with Crippen LogP contribution in [0.3, 0.4) is 0 Å². The van der Waals surface area contributed by atoms with Crippen LogP contribution in [-0.2, 0) is 0 Å². The number of hydrogen-bond acceptors (Lipinski definition) is 0. The quantitative estimate of drug-likeness (QED) is 0.537. The Morgan fingerprint density at radius 2 is 1.53 bits per heavy atom. The number of quaternary nitrogens is 1. The van der Waals surface area contributed by atoms with Gasteiger partial charge >= 0.3 is 0 Å². The Balaban J connectivity index is 3.69. The van der Waals surface area contributed by atoms with Crippen LogP contribution in [0.4, 0.5) is 0 Å². The van der Waals surface area contributed by atoms with E-state index in [9.17, 15) is 0 Å². The summed E-state index contributed by atoms with van der Waals surface area (Å²) in [4.78, 5) is 0. The Bertz CT molecular complexity index is 151. The maximum absolute atomic E-state index is 2.41. The van der Waals surface area contributed by atoms with Crippen LogP contribution >= 0.6 is 0 Å². The first kappa shape index (κ1) is 15.0. The maximum Gasteiger partial charge on any atom is 0.0782 e. The third-order valence-electron chi connectivity index (χ3n) is 3.87. The molecule has 0 aliphatic carbocycles. The minimum Gasteiger partial charge on any atom is -0.328 e. The van der Waals surface area contributed by atoms with Gasteiger partial charge in [-0.25, -0.2) is 0 Å². The average molecular weight is 214 g/mol. The summed E-state index contributed by atoms with van der Waals surface area (Å²) in [5, 5.41) is 0. The molecular weight excluding hydrogens is 182 g/mol. The van der Waals surface area contributed by atoms with Crippen molar-refractivity contribution in [3.8, 4) is 0 Å². The first-order valence-corrected chi connectivity index (χ1v) is 6.75. The van der Waals surface area contributed by atoms with Crippen LogP contribution < -0.4 is 0 Å². The van der Waals surface area contributed by atoms with E-state index in [4.69, 9.17) is 0 Å². The fourth-order valence-corrected chi connectivity index (χ4v) is 2.25. The fraction of sp³-hybridized carbons (Fsp3) is 1.00. The molecule has 0 radical (unpaired) electrons. The van der Waals surface area contributed by atoms with Crippen molar-refractivity contribution >= 4 is 0 Å². The van der Waals surface area contributed by atoms with Gasteiger partial charge in [0.1, 0.15) is 0 Å². The molecule has 15 heavy (non-hydrogen) atoms. The predicted molar refractivity (Wildman–Crippen MR) is 70.0 cm³/mol. The van der Waals surface area contributed by atoms with Gasteiger partial charge in [0, 0.05) is 0 Å². The zero-order valence-electron chi connectivity index (χ0n) is 11.8. The molecule has 0 rings (SSSR count). The van der Waals surface area contributed by atoms with Gasteiger partial charge in [-0.1, -0.05) is 34.1 Å². The van der Waals surface area contributed by atoms with E-state index in [-0.39, 0.29) is 0 Å². The van der Waals surface area contributed by atoms with Crippen LogP contribution in [-0.4, -0.2) is 31.7 Å². The molecule has 1 heteroatoms. The monoisotopic (exact) mass is 214 g/mol. The molecule has 92 valence electrons. The summed E-state index contributed by atoms with van der Waals surface area (Å²) in [5.41, 5.74) is 0. The van der Waals surface area contributed by atoms with Crippen molar-refractivity contribution in [1.82, 2.24) is 0 Å². The minimum atomic E-state index is 0.895. The largest absolute Gasteiger partial charge is 0.328 e. The fourth-order valence-electron chi connectivity index (χ4n) is 2.25. The lowest BCUT2D eigenvalue weighted by Gasteiger charge is -2.30. The van der Waals surface area contributed by atoms with Crippen LogP contribution in [0.25, 0.3) is 0 Å². The molecule has 0 aliphatic rings. The molecule has 0 spiro atoms. The van der Waals surface area contributed by atoms with Gasteiger partial charge in [0.25, 0.3) is 0 Å². The molecule has 0 saturated carbocycles. The Labute approximate surface area is 97.5 Å². The highest BCUT2D eigenvalue weighted by Crippen LogP contribution is 2.20. The van der Waals surface area contributed by atoms with Gasteiger partial charge < -0.3 is 4.48 Å². The number of nitrogens with zero attached hydrogens (tertiary/aromatic N) is 1. The van der Waals surface area contributed by atoms with Gasteiger partial charge in [0.15, 0.2) is 0 Å². The molecule has 0 aromatic carbocycles. The average Bonchev–Trinajstić information content (AvgIpc) is 2.15. The van der Waals surface area contributed by atoms with Crippen LogP contribution in [0.15, 0.2) is 0 Å². The minimum absolute atomic E-state index is 0.895. The van der Waals surface area contributed by atoms with E-state index >= 15 is 0 Å². The van der Waals surface area contributed by atoms with Crippen molar-refractivity contribution in [2.24, 2.45) is 11.8 Å². The van der Waals surface area contributed by atoms with E-state index in [1.54, 1.807) is 0 Å². The van der Waals surface area contributed by atoms with Crippen LogP contribution in [0.5, 0.6) is 0 Å². The van der Waals surface area contributed by atoms with Crippen molar-refractivity contribution in [2.75, 3.05) is 27.2 Å². The molecular formula is C14H32N+. The summed E-state index contributed by atoms with van der Waals surface area (Å²) in [7, 11) is 4.72. The molecule has 0 fully saturated rings. The summed E-state index contributed by atoms with van der Waals surface area (Å²) in [5.74, 6) is 1.79. The third-order valence-corrected chi connectivity index (χ3v) is 3.87. The van der Waals surface area contributed by atoms with Gasteiger partial charge in [-0.3, -0.25) is 0 Å². The highest BCUT2D eigenvalue weighted by molar-refractivity contribution is 4.60. The molecule has 0 N–H and O–H groups in total. The summed E-state index contributed by atoms with van der Waals surface area (Å²) < 4.78 is 1.20. The molecule has 1 nitrogen and oxygen atoms in total. The van der Waals surface area contributed by atoms with Crippen LogP contribution in [0.1, 0.15) is 53.4 Å². The van der Waals surface area contributed by atoms with Gasteiger partial charge in [-0.15, -0.1) is 0 Å². The zero-order valence-corrected chi connectivity index (χ0v) is 11.8. The van der Waals surface area contributed by atoms with Gasteiger partial charge in [-0.05, 0) is 31.1 Å². The Morgan fingerprint density at radius 3 is 2.00 bits per heavy atom. The third kappa shape index (κ3) is 6.94. The van der Waals surface area contributed by atoms with E-state index in [2.05, 4.69) is 41.8 Å². The molecule has 0 aromatic heterocycles. The zero-order chi connectivity index (χ0) is 11.9. The van der Waals surface area contributed by atoms with Crippen molar-refractivity contribution in [3.05, 3.63) is 0 Å². The Kier molecular flexibility index (Phi) is 7.25. The normalized spacial score (nSPS) is 16.4. The van der Waals surface area contributed by atoms with Crippen molar-refractivity contribution < 1.29 is 4.48 Å². The van der Waals surface area contributed by atoms with Crippen LogP contribution in [0, 0.1) is 11.8 Å². The molecule has 0 heterocycles. The second kappa shape index (κ2) is 7.27. The van der Waals surface area contributed by atoms with E-state index < -0.39 is 0 Å². The SMILES string of the molecule is CCC[N+](C)(C)CCCC(C)C(C)CC. The van der Waals surface area contributed by atoms with Crippen molar-refractivity contribution in [3.63, 3.8) is 0 Å². The highest BCUT2D eigenvalue weighted by atomic mass is 15.3. The smallest absolute Gasteiger partial charge is 0.0782 e. The van der Waals surface area contributed by atoms with E-state index in [1.165, 1.54) is 43.3 Å². The van der Waals surface area contributed by atoms with E-state index in [1.807, 2.05) is 0 Å². The first-order valence-electron chi connectivity index (χ1n) is 6.75. The lowest BCUT2D eigenvalue weighted by Crippen LogP contribution is -2.41. The van der Waals surface area contributed by atoms with Crippen molar-refractivity contribution in [1.29, 1.82) is 0 Å². The van der Waals surface area contributed by atoms with E-state index in [0.717, 1.165) is 11.8 Å². The molecule has 0 bridgehead atoms. The summed E-state index contributed by atoms with van der Waals surface area (Å²) in [6.45, 7) is 12.0. The molecule has 0 aliphatic heterocycles. The maximum atomic E-state index is 2.41. The summed E-state index contributed by atoms with van der Waals surface area (Å²) in [6, 6.07) is 0. The summed E-state index contributed by atoms with van der Waals surface area (Å²) in [6.07, 6.45) is 5.42. The second-order valence-electron chi connectivity index (χ2n) is 5.89. The second-order valence-corrected chi connectivity index (χ2v) is 5.89. The first-order chi connectivity index (χ1) is 6.93. The Hall–Kier alpha value is -0.0400. The lowest BCUT2D eigenvalue weighted by molar-refractivity contribution is -0.890. The standard InChI is InChI=1S/C14H32N/c1-7-11-15(5,6)12-9-10-14(4)13(3)8-2/h13-14H,7-12H2,1-6H3/q+1. The van der Waals surface area contributed by atoms with Crippen LogP contribution in [0.2, 0.25) is 0 Å². The van der Waals surface area contributed by atoms with Gasteiger partial charge in [0.05, 0.1) is 27.2 Å². The topological polar surface area (TPSA) is 0 Å². The number of rotatable bonds is 8. The number of hydrogen-bond donors (Lipinski definition) is 0. The van der Waals surface area contributed by atoms with Crippen molar-refractivity contribution in [2.45, 2.75) is 53.4 Å². The summed E-state index contributed by atoms with van der Waals surface area (Å²) >= 11 is 0. The lowest BCUT2D eigenvalue weighted by atomic mass is 9.89. The van der Waals surface area contributed by atoms with E-state index in [0.29, 0.717) is 0 Å². The molecule has 2 unspecified atom stereocenters. The molecule has 2 atom stereocenters. The molecule has 0 amide bonds. The molecule has 0 saturated heterocycles.